The topological polar surface area (TPSA) is 12.4 Å². The predicted molar refractivity (Wildman–Crippen MR) is 19.8 cm³/mol. The Bertz CT molecular complexity index is 37.8. The average Bonchev–Trinajstić information content (AvgIpc) is 1.41. The number of rotatable bonds is 1. The molecule has 0 bridgehead atoms. The summed E-state index contributed by atoms with van der Waals surface area (Å²) in [5.74, 6) is 0. The van der Waals surface area contributed by atoms with Crippen molar-refractivity contribution in [1.82, 2.24) is 0 Å². The molecule has 0 atom stereocenters. The van der Waals surface area contributed by atoms with Gasteiger partial charge in [-0.3, -0.25) is 4.99 Å². The maximum absolute atomic E-state index is 10.8. The zero-order chi connectivity index (χ0) is 4.12. The third-order valence-electron chi connectivity index (χ3n) is 0.198. The van der Waals surface area contributed by atoms with Crippen molar-refractivity contribution in [3.8, 4) is 0 Å². The van der Waals surface area contributed by atoms with E-state index >= 15 is 0 Å². The van der Waals surface area contributed by atoms with Crippen LogP contribution in [0.1, 0.15) is 0 Å². The van der Waals surface area contributed by atoms with E-state index in [4.69, 9.17) is 0 Å². The molecule has 0 aromatic carbocycles. The molecule has 1 radical (unpaired) electrons. The van der Waals surface area contributed by atoms with Gasteiger partial charge in [0, 0.05) is 32.7 Å². The molecule has 0 aliphatic heterocycles. The van der Waals surface area contributed by atoms with Gasteiger partial charge in [-0.05, 0) is 0 Å². The molecule has 0 amide bonds. The molecule has 0 spiro atoms. The van der Waals surface area contributed by atoms with Gasteiger partial charge in [0.1, 0.15) is 0 Å². The Kier molecular flexibility index (Phi) is 14.9. The van der Waals surface area contributed by atoms with Gasteiger partial charge in [-0.15, -0.1) is 6.21 Å². The second-order valence-electron chi connectivity index (χ2n) is 0.485. The van der Waals surface area contributed by atoms with Gasteiger partial charge in [0.2, 0.25) is 0 Å². The van der Waals surface area contributed by atoms with Crippen LogP contribution in [-0.2, 0) is 32.7 Å². The minimum absolute atomic E-state index is 0. The van der Waals surface area contributed by atoms with Crippen molar-refractivity contribution >= 4 is 6.21 Å². The number of hydrogen-bond donors (Lipinski definition) is 0. The minimum atomic E-state index is -0.649. The van der Waals surface area contributed by atoms with Crippen molar-refractivity contribution in [2.75, 3.05) is 6.80 Å². The van der Waals surface area contributed by atoms with E-state index in [1.54, 1.807) is 0 Å². The molecule has 0 fully saturated rings. The van der Waals surface area contributed by atoms with E-state index in [2.05, 4.69) is 11.9 Å². The maximum Gasteiger partial charge on any atom is 0.176 e. The Hall–Kier alpha value is 0.574. The van der Waals surface area contributed by atoms with E-state index in [9.17, 15) is 4.39 Å². The van der Waals surface area contributed by atoms with Gasteiger partial charge < -0.3 is 6.92 Å². The first-order valence-corrected chi connectivity index (χ1v) is 1.25. The SMILES string of the molecule is [CH2-]/C=N/CF.[Y]. The van der Waals surface area contributed by atoms with E-state index in [1.165, 1.54) is 6.21 Å². The predicted octanol–water partition coefficient (Wildman–Crippen LogP) is 0.816. The number of hydrogen-bond acceptors (Lipinski definition) is 1. The summed E-state index contributed by atoms with van der Waals surface area (Å²) in [5.41, 5.74) is 0. The van der Waals surface area contributed by atoms with E-state index < -0.39 is 6.80 Å². The normalized spacial score (nSPS) is 8.17. The van der Waals surface area contributed by atoms with Crippen LogP contribution in [0.15, 0.2) is 4.99 Å². The Morgan fingerprint density at radius 2 is 2.33 bits per heavy atom. The first kappa shape index (κ1) is 9.76. The number of nitrogens with zero attached hydrogens (tertiary/aromatic N) is 1. The van der Waals surface area contributed by atoms with Crippen LogP contribution in [0.3, 0.4) is 0 Å². The standard InChI is InChI=1S/C3H5FN.Y/c1-2-5-3-4;/h2H,1,3H2;/q-1;/b5-2+;. The van der Waals surface area contributed by atoms with Crippen molar-refractivity contribution in [1.29, 1.82) is 0 Å². The second-order valence-corrected chi connectivity index (χ2v) is 0.485. The van der Waals surface area contributed by atoms with Gasteiger partial charge in [0.05, 0.1) is 0 Å². The Morgan fingerprint density at radius 3 is 2.33 bits per heavy atom. The van der Waals surface area contributed by atoms with Gasteiger partial charge in [-0.25, -0.2) is 4.39 Å². The van der Waals surface area contributed by atoms with Crippen LogP contribution < -0.4 is 0 Å². The summed E-state index contributed by atoms with van der Waals surface area (Å²) < 4.78 is 10.8. The quantitative estimate of drug-likeness (QED) is 0.308. The summed E-state index contributed by atoms with van der Waals surface area (Å²) >= 11 is 0. The molecule has 0 rings (SSSR count). The van der Waals surface area contributed by atoms with Crippen LogP contribution in [0, 0.1) is 6.92 Å². The van der Waals surface area contributed by atoms with Crippen molar-refractivity contribution < 1.29 is 37.1 Å². The summed E-state index contributed by atoms with van der Waals surface area (Å²) in [6.45, 7) is 2.49. The van der Waals surface area contributed by atoms with Gasteiger partial charge in [0.25, 0.3) is 0 Å². The molecular weight excluding hydrogens is 158 g/mol. The van der Waals surface area contributed by atoms with E-state index in [0.717, 1.165) is 0 Å². The number of aliphatic imine (C=N–C) groups is 1. The van der Waals surface area contributed by atoms with Crippen LogP contribution in [0.5, 0.6) is 0 Å². The van der Waals surface area contributed by atoms with Gasteiger partial charge in [-0.1, -0.05) is 0 Å². The molecule has 0 saturated carbocycles. The van der Waals surface area contributed by atoms with E-state index in [1.807, 2.05) is 0 Å². The van der Waals surface area contributed by atoms with Crippen molar-refractivity contribution in [2.45, 2.75) is 0 Å². The maximum atomic E-state index is 10.8. The monoisotopic (exact) mass is 163 g/mol. The Labute approximate surface area is 61.9 Å². The van der Waals surface area contributed by atoms with Crippen LogP contribution >= 0.6 is 0 Å². The molecule has 0 aliphatic rings. The molecular formula is C3H5FNY-. The van der Waals surface area contributed by atoms with E-state index in [-0.39, 0.29) is 32.7 Å². The van der Waals surface area contributed by atoms with Gasteiger partial charge in [-0.2, -0.15) is 0 Å². The fourth-order valence-electron chi connectivity index (χ4n) is 0.0488. The molecule has 0 heterocycles. The number of alkyl halides is 1. The van der Waals surface area contributed by atoms with Crippen molar-refractivity contribution in [3.05, 3.63) is 6.92 Å². The smallest absolute Gasteiger partial charge is 0.176 e. The summed E-state index contributed by atoms with van der Waals surface area (Å²) in [7, 11) is 0. The summed E-state index contributed by atoms with van der Waals surface area (Å²) in [6.07, 6.45) is 1.18. The number of halogens is 1. The molecule has 1 nitrogen and oxygen atoms in total. The average molecular weight is 163 g/mol. The third kappa shape index (κ3) is 8.82. The van der Waals surface area contributed by atoms with Crippen molar-refractivity contribution in [2.24, 2.45) is 4.99 Å². The minimum Gasteiger partial charge on any atom is -0.364 e. The third-order valence-corrected chi connectivity index (χ3v) is 0.198. The largest absolute Gasteiger partial charge is 0.364 e. The fraction of sp³-hybridized carbons (Fsp3) is 0.333. The molecule has 0 aromatic heterocycles. The Balaban J connectivity index is 0. The Morgan fingerprint density at radius 1 is 1.83 bits per heavy atom. The second kappa shape index (κ2) is 9.13. The van der Waals surface area contributed by atoms with Crippen molar-refractivity contribution in [3.63, 3.8) is 0 Å². The van der Waals surface area contributed by atoms with Gasteiger partial charge >= 0.3 is 0 Å². The van der Waals surface area contributed by atoms with Crippen LogP contribution in [0.2, 0.25) is 0 Å². The first-order chi connectivity index (χ1) is 2.41. The van der Waals surface area contributed by atoms with Crippen LogP contribution in [0.25, 0.3) is 0 Å². The molecule has 6 heavy (non-hydrogen) atoms. The molecule has 0 saturated heterocycles. The molecule has 0 aliphatic carbocycles. The van der Waals surface area contributed by atoms with Crippen LogP contribution in [-0.4, -0.2) is 13.0 Å². The van der Waals surface area contributed by atoms with Crippen LogP contribution in [0.4, 0.5) is 4.39 Å². The fourth-order valence-corrected chi connectivity index (χ4v) is 0.0488. The molecule has 3 heteroatoms. The van der Waals surface area contributed by atoms with Gasteiger partial charge in [0.15, 0.2) is 6.80 Å². The summed E-state index contributed by atoms with van der Waals surface area (Å²) in [4.78, 5) is 3.07. The summed E-state index contributed by atoms with van der Waals surface area (Å²) in [5, 5.41) is 0. The zero-order valence-corrected chi connectivity index (χ0v) is 6.23. The molecule has 33 valence electrons. The van der Waals surface area contributed by atoms with E-state index in [0.29, 0.717) is 0 Å². The molecule has 0 N–H and O–H groups in total. The molecule has 0 aromatic rings. The summed E-state index contributed by atoms with van der Waals surface area (Å²) in [6, 6.07) is 0. The molecule has 0 unspecified atom stereocenters. The first-order valence-electron chi connectivity index (χ1n) is 1.25. The zero-order valence-electron chi connectivity index (χ0n) is 3.39.